The zero-order chi connectivity index (χ0) is 14.5. The summed E-state index contributed by atoms with van der Waals surface area (Å²) in [7, 11) is 0. The van der Waals surface area contributed by atoms with Crippen LogP contribution in [0.2, 0.25) is 0 Å². The van der Waals surface area contributed by atoms with E-state index in [2.05, 4.69) is 21.4 Å². The molecule has 104 valence electrons. The van der Waals surface area contributed by atoms with Crippen LogP contribution in [0.25, 0.3) is 0 Å². The topological polar surface area (TPSA) is 64.3 Å². The first kappa shape index (κ1) is 14.6. The molecule has 2 rings (SSSR count). The third-order valence-corrected chi connectivity index (χ3v) is 3.46. The number of hydrogen-bond acceptors (Lipinski definition) is 3. The molecule has 0 heterocycles. The van der Waals surface area contributed by atoms with Crippen LogP contribution in [0.4, 0.5) is 0 Å². The van der Waals surface area contributed by atoms with Gasteiger partial charge in [0.1, 0.15) is 12.4 Å². The zero-order valence-corrected chi connectivity index (χ0v) is 12.6. The molecule has 0 radical (unpaired) electrons. The van der Waals surface area contributed by atoms with E-state index < -0.39 is 0 Å². The Morgan fingerprint density at radius 2 is 2.05 bits per heavy atom. The predicted molar refractivity (Wildman–Crippen MR) is 81.3 cm³/mol. The Bertz CT molecular complexity index is 629. The smallest absolute Gasteiger partial charge is 0.268 e. The highest BCUT2D eigenvalue weighted by Crippen LogP contribution is 2.24. The van der Waals surface area contributed by atoms with Crippen LogP contribution in [0.3, 0.4) is 0 Å². The first-order valence-corrected chi connectivity index (χ1v) is 6.89. The summed E-state index contributed by atoms with van der Waals surface area (Å²) in [6, 6.07) is 13.2. The second-order valence-electron chi connectivity index (χ2n) is 4.33. The normalized spacial score (nSPS) is 10.2. The molecule has 2 aromatic carbocycles. The van der Waals surface area contributed by atoms with Gasteiger partial charge in [0.25, 0.3) is 5.91 Å². The maximum atomic E-state index is 11.7. The number of ether oxygens (including phenoxy) is 1. The Balaban J connectivity index is 2.21. The number of carbonyl (C=O) groups excluding carboxylic acids is 1. The molecule has 1 amide bonds. The molecule has 0 unspecified atom stereocenters. The summed E-state index contributed by atoms with van der Waals surface area (Å²) in [5, 5.41) is 0. The molecule has 0 atom stereocenters. The van der Waals surface area contributed by atoms with Crippen molar-refractivity contribution in [1.29, 1.82) is 0 Å². The summed E-state index contributed by atoms with van der Waals surface area (Å²) >= 11 is 3.33. The van der Waals surface area contributed by atoms with Gasteiger partial charge < -0.3 is 4.74 Å². The van der Waals surface area contributed by atoms with E-state index in [1.165, 1.54) is 0 Å². The fourth-order valence-corrected chi connectivity index (χ4v) is 2.17. The Morgan fingerprint density at radius 3 is 2.75 bits per heavy atom. The van der Waals surface area contributed by atoms with Gasteiger partial charge >= 0.3 is 0 Å². The molecule has 0 aliphatic heterocycles. The highest BCUT2D eigenvalue weighted by Gasteiger charge is 2.12. The van der Waals surface area contributed by atoms with Crippen molar-refractivity contribution in [1.82, 2.24) is 5.43 Å². The van der Waals surface area contributed by atoms with Gasteiger partial charge in [-0.1, -0.05) is 40.2 Å². The van der Waals surface area contributed by atoms with Gasteiger partial charge in [-0.05, 0) is 36.2 Å². The van der Waals surface area contributed by atoms with Crippen LogP contribution >= 0.6 is 15.9 Å². The highest BCUT2D eigenvalue weighted by atomic mass is 79.9. The van der Waals surface area contributed by atoms with Crippen molar-refractivity contribution in [2.45, 2.75) is 13.5 Å². The fraction of sp³-hybridized carbons (Fsp3) is 0.133. The average molecular weight is 335 g/mol. The van der Waals surface area contributed by atoms with Crippen LogP contribution in [0.5, 0.6) is 5.75 Å². The summed E-state index contributed by atoms with van der Waals surface area (Å²) in [4.78, 5) is 11.7. The quantitative estimate of drug-likeness (QED) is 0.513. The second kappa shape index (κ2) is 6.54. The lowest BCUT2D eigenvalue weighted by Crippen LogP contribution is -2.30. The molecule has 0 fully saturated rings. The number of hydrogen-bond donors (Lipinski definition) is 2. The number of nitrogens with one attached hydrogen (secondary N) is 1. The van der Waals surface area contributed by atoms with Gasteiger partial charge in [0.05, 0.1) is 5.56 Å². The second-order valence-corrected chi connectivity index (χ2v) is 5.24. The van der Waals surface area contributed by atoms with Gasteiger partial charge in [0.2, 0.25) is 0 Å². The van der Waals surface area contributed by atoms with Crippen LogP contribution in [-0.4, -0.2) is 5.91 Å². The number of halogens is 1. The molecule has 5 heteroatoms. The molecule has 0 aliphatic rings. The van der Waals surface area contributed by atoms with Gasteiger partial charge in [-0.2, -0.15) is 0 Å². The summed E-state index contributed by atoms with van der Waals surface area (Å²) in [5.74, 6) is 5.30. The minimum Gasteiger partial charge on any atom is -0.488 e. The van der Waals surface area contributed by atoms with E-state index >= 15 is 0 Å². The van der Waals surface area contributed by atoms with Crippen molar-refractivity contribution < 1.29 is 9.53 Å². The summed E-state index contributed by atoms with van der Waals surface area (Å²) < 4.78 is 6.54. The van der Waals surface area contributed by atoms with E-state index in [4.69, 9.17) is 10.6 Å². The third kappa shape index (κ3) is 3.37. The van der Waals surface area contributed by atoms with Crippen LogP contribution in [0, 0.1) is 6.92 Å². The Kier molecular flexibility index (Phi) is 4.76. The number of rotatable bonds is 4. The Morgan fingerprint density at radius 1 is 1.30 bits per heavy atom. The van der Waals surface area contributed by atoms with Crippen LogP contribution < -0.4 is 16.0 Å². The fourth-order valence-electron chi connectivity index (χ4n) is 1.81. The van der Waals surface area contributed by atoms with Crippen molar-refractivity contribution >= 4 is 21.8 Å². The van der Waals surface area contributed by atoms with Gasteiger partial charge in [-0.3, -0.25) is 10.2 Å². The standard InChI is InChI=1S/C15H15BrN2O2/c1-10-4-2-3-5-11(10)9-20-14-7-6-12(16)8-13(14)15(19)18-17/h2-8H,9,17H2,1H3,(H,18,19). The molecule has 0 aromatic heterocycles. The largest absolute Gasteiger partial charge is 0.488 e. The molecule has 0 bridgehead atoms. The van der Waals surface area contributed by atoms with Crippen molar-refractivity contribution in [2.24, 2.45) is 5.84 Å². The molecule has 0 aliphatic carbocycles. The number of carbonyl (C=O) groups is 1. The number of benzene rings is 2. The Hall–Kier alpha value is -1.85. The maximum Gasteiger partial charge on any atom is 0.268 e. The van der Waals surface area contributed by atoms with Crippen LogP contribution in [0.15, 0.2) is 46.9 Å². The lowest BCUT2D eigenvalue weighted by Gasteiger charge is -2.12. The SMILES string of the molecule is Cc1ccccc1COc1ccc(Br)cc1C(=O)NN. The van der Waals surface area contributed by atoms with Gasteiger partial charge in [-0.25, -0.2) is 5.84 Å². The van der Waals surface area contributed by atoms with Crippen molar-refractivity contribution in [2.75, 3.05) is 0 Å². The molecule has 2 aromatic rings. The van der Waals surface area contributed by atoms with E-state index in [9.17, 15) is 4.79 Å². The number of hydrazine groups is 1. The third-order valence-electron chi connectivity index (χ3n) is 2.96. The molecular weight excluding hydrogens is 320 g/mol. The molecule has 0 saturated heterocycles. The summed E-state index contributed by atoms with van der Waals surface area (Å²) in [6.07, 6.45) is 0. The van der Waals surface area contributed by atoms with Crippen LogP contribution in [0.1, 0.15) is 21.5 Å². The lowest BCUT2D eigenvalue weighted by molar-refractivity contribution is 0.0949. The average Bonchev–Trinajstić information content (AvgIpc) is 2.46. The molecule has 20 heavy (non-hydrogen) atoms. The maximum absolute atomic E-state index is 11.7. The molecule has 0 saturated carbocycles. The van der Waals surface area contributed by atoms with E-state index in [0.29, 0.717) is 17.9 Å². The highest BCUT2D eigenvalue weighted by molar-refractivity contribution is 9.10. The van der Waals surface area contributed by atoms with E-state index in [1.807, 2.05) is 37.3 Å². The number of nitrogen functional groups attached to an aromatic ring is 1. The first-order valence-electron chi connectivity index (χ1n) is 6.09. The lowest BCUT2D eigenvalue weighted by atomic mass is 10.1. The number of amides is 1. The van der Waals surface area contributed by atoms with Crippen molar-refractivity contribution in [3.05, 3.63) is 63.6 Å². The van der Waals surface area contributed by atoms with Gasteiger partial charge in [-0.15, -0.1) is 0 Å². The van der Waals surface area contributed by atoms with Crippen LogP contribution in [-0.2, 0) is 6.61 Å². The molecule has 0 spiro atoms. The monoisotopic (exact) mass is 334 g/mol. The molecule has 4 nitrogen and oxygen atoms in total. The first-order chi connectivity index (χ1) is 9.61. The Labute approximate surface area is 126 Å². The van der Waals surface area contributed by atoms with E-state index in [-0.39, 0.29) is 5.91 Å². The van der Waals surface area contributed by atoms with Crippen molar-refractivity contribution in [3.63, 3.8) is 0 Å². The summed E-state index contributed by atoms with van der Waals surface area (Å²) in [6.45, 7) is 2.42. The number of nitrogens with two attached hydrogens (primary N) is 1. The van der Waals surface area contributed by atoms with E-state index in [0.717, 1.165) is 15.6 Å². The number of aryl methyl sites for hydroxylation is 1. The van der Waals surface area contributed by atoms with Crippen molar-refractivity contribution in [3.8, 4) is 5.75 Å². The summed E-state index contributed by atoms with van der Waals surface area (Å²) in [5.41, 5.74) is 4.74. The zero-order valence-electron chi connectivity index (χ0n) is 11.0. The molecule has 3 N–H and O–H groups in total. The molecular formula is C15H15BrN2O2. The minimum absolute atomic E-state index is 0.383. The minimum atomic E-state index is -0.383. The predicted octanol–water partition coefficient (Wildman–Crippen LogP) is 2.94. The van der Waals surface area contributed by atoms with E-state index in [1.54, 1.807) is 12.1 Å². The van der Waals surface area contributed by atoms with Gasteiger partial charge in [0, 0.05) is 4.47 Å². The van der Waals surface area contributed by atoms with Gasteiger partial charge in [0.15, 0.2) is 0 Å².